The fraction of sp³-hybridized carbons (Fsp3) is 0.273. The van der Waals surface area contributed by atoms with Crippen LogP contribution < -0.4 is 19.5 Å². The van der Waals surface area contributed by atoms with Gasteiger partial charge in [-0.3, -0.25) is 10.1 Å². The molecule has 3 rings (SSSR count). The number of carbonyl (C=O) groups excluding carboxylic acids is 1. The first-order valence-electron chi connectivity index (χ1n) is 9.20. The van der Waals surface area contributed by atoms with Crippen LogP contribution in [0.1, 0.15) is 25.3 Å². The Hall–Kier alpha value is -3.06. The molecule has 0 bridgehead atoms. The highest BCUT2D eigenvalue weighted by Gasteiger charge is 2.13. The number of carbonyl (C=O) groups is 1. The van der Waals surface area contributed by atoms with Gasteiger partial charge < -0.3 is 14.2 Å². The molecule has 0 radical (unpaired) electrons. The first-order valence-corrected chi connectivity index (χ1v) is 10.1. The van der Waals surface area contributed by atoms with Gasteiger partial charge in [0.15, 0.2) is 11.7 Å². The first-order chi connectivity index (χ1) is 14.0. The molecular weight excluding hydrogens is 388 g/mol. The molecule has 6 nitrogen and oxygen atoms in total. The van der Waals surface area contributed by atoms with E-state index in [0.29, 0.717) is 28.3 Å². The Balaban J connectivity index is 1.60. The number of ether oxygens (including phenoxy) is 3. The fourth-order valence-electron chi connectivity index (χ4n) is 2.72. The number of anilines is 1. The fourth-order valence-corrected chi connectivity index (χ4v) is 3.44. The predicted octanol–water partition coefficient (Wildman–Crippen LogP) is 4.97. The van der Waals surface area contributed by atoms with Gasteiger partial charge in [-0.15, -0.1) is 11.3 Å². The molecule has 1 aromatic heterocycles. The summed E-state index contributed by atoms with van der Waals surface area (Å²) in [6.45, 7) is 4.18. The molecule has 0 aliphatic rings. The Bertz CT molecular complexity index is 967. The molecule has 2 aromatic carbocycles. The van der Waals surface area contributed by atoms with Crippen molar-refractivity contribution in [2.24, 2.45) is 0 Å². The van der Waals surface area contributed by atoms with Gasteiger partial charge in [0, 0.05) is 17.0 Å². The third-order valence-corrected chi connectivity index (χ3v) is 5.11. The van der Waals surface area contributed by atoms with Crippen molar-refractivity contribution in [3.63, 3.8) is 0 Å². The maximum absolute atomic E-state index is 12.2. The van der Waals surface area contributed by atoms with E-state index in [1.165, 1.54) is 16.9 Å². The van der Waals surface area contributed by atoms with E-state index in [1.54, 1.807) is 20.3 Å². The molecule has 0 atom stereocenters. The smallest absolute Gasteiger partial charge is 0.264 e. The highest BCUT2D eigenvalue weighted by atomic mass is 32.1. The summed E-state index contributed by atoms with van der Waals surface area (Å²) < 4.78 is 16.2. The summed E-state index contributed by atoms with van der Waals surface area (Å²) in [5.41, 5.74) is 2.77. The Morgan fingerprint density at radius 2 is 1.79 bits per heavy atom. The summed E-state index contributed by atoms with van der Waals surface area (Å²) in [4.78, 5) is 16.7. The third kappa shape index (κ3) is 5.26. The van der Waals surface area contributed by atoms with Gasteiger partial charge in [-0.2, -0.15) is 0 Å². The normalized spacial score (nSPS) is 10.7. The molecule has 7 heteroatoms. The van der Waals surface area contributed by atoms with Crippen LogP contribution in [0.5, 0.6) is 17.2 Å². The predicted molar refractivity (Wildman–Crippen MR) is 115 cm³/mol. The van der Waals surface area contributed by atoms with Crippen molar-refractivity contribution >= 4 is 22.4 Å². The zero-order valence-electron chi connectivity index (χ0n) is 16.9. The lowest BCUT2D eigenvalue weighted by molar-refractivity contribution is -0.118. The van der Waals surface area contributed by atoms with E-state index in [-0.39, 0.29) is 12.5 Å². The molecule has 29 heavy (non-hydrogen) atoms. The van der Waals surface area contributed by atoms with Crippen LogP contribution in [0.2, 0.25) is 0 Å². The molecule has 3 aromatic rings. The largest absolute Gasteiger partial charge is 0.497 e. The molecule has 0 aliphatic heterocycles. The van der Waals surface area contributed by atoms with Gasteiger partial charge in [0.05, 0.1) is 19.9 Å². The highest BCUT2D eigenvalue weighted by molar-refractivity contribution is 7.14. The SMILES string of the molecule is COc1ccc(-c2csc(NC(=O)COc3ccc(C(C)C)cc3)n2)c(OC)c1. The summed E-state index contributed by atoms with van der Waals surface area (Å²) in [5.74, 6) is 2.21. The van der Waals surface area contributed by atoms with Crippen LogP contribution in [-0.4, -0.2) is 31.7 Å². The minimum Gasteiger partial charge on any atom is -0.497 e. The lowest BCUT2D eigenvalue weighted by Gasteiger charge is -2.09. The van der Waals surface area contributed by atoms with Crippen molar-refractivity contribution in [2.75, 3.05) is 26.1 Å². The van der Waals surface area contributed by atoms with Crippen LogP contribution in [0.3, 0.4) is 0 Å². The topological polar surface area (TPSA) is 69.7 Å². The molecule has 152 valence electrons. The van der Waals surface area contributed by atoms with Crippen molar-refractivity contribution in [2.45, 2.75) is 19.8 Å². The van der Waals surface area contributed by atoms with Gasteiger partial charge in [0.25, 0.3) is 5.91 Å². The molecule has 0 fully saturated rings. The maximum Gasteiger partial charge on any atom is 0.264 e. The molecule has 0 aliphatic carbocycles. The van der Waals surface area contributed by atoms with Gasteiger partial charge in [0.1, 0.15) is 17.2 Å². The lowest BCUT2D eigenvalue weighted by atomic mass is 10.0. The summed E-state index contributed by atoms with van der Waals surface area (Å²) in [5, 5.41) is 5.14. The molecule has 0 saturated heterocycles. The standard InChI is InChI=1S/C22H24N2O4S/c1-14(2)15-5-7-16(8-6-15)28-12-21(25)24-22-23-19(13-29-22)18-10-9-17(26-3)11-20(18)27-4/h5-11,13-14H,12H2,1-4H3,(H,23,24,25). The monoisotopic (exact) mass is 412 g/mol. The Morgan fingerprint density at radius 1 is 1.07 bits per heavy atom. The molecule has 1 amide bonds. The van der Waals surface area contributed by atoms with Crippen LogP contribution in [0.15, 0.2) is 47.8 Å². The van der Waals surface area contributed by atoms with Crippen LogP contribution >= 0.6 is 11.3 Å². The van der Waals surface area contributed by atoms with Crippen molar-refractivity contribution in [1.82, 2.24) is 4.98 Å². The van der Waals surface area contributed by atoms with Crippen LogP contribution in [0.25, 0.3) is 11.3 Å². The van der Waals surface area contributed by atoms with E-state index < -0.39 is 0 Å². The van der Waals surface area contributed by atoms with Crippen molar-refractivity contribution in [3.05, 3.63) is 53.4 Å². The maximum atomic E-state index is 12.2. The number of hydrogen-bond acceptors (Lipinski definition) is 6. The minimum atomic E-state index is -0.263. The van der Waals surface area contributed by atoms with Crippen LogP contribution in [-0.2, 0) is 4.79 Å². The number of methoxy groups -OCH3 is 2. The van der Waals surface area contributed by atoms with Gasteiger partial charge in [-0.05, 0) is 35.7 Å². The number of nitrogens with zero attached hydrogens (tertiary/aromatic N) is 1. The summed E-state index contributed by atoms with van der Waals surface area (Å²) >= 11 is 1.34. The zero-order valence-corrected chi connectivity index (χ0v) is 17.7. The van der Waals surface area contributed by atoms with Gasteiger partial charge in [-0.1, -0.05) is 26.0 Å². The van der Waals surface area contributed by atoms with Crippen LogP contribution in [0, 0.1) is 0 Å². The average molecular weight is 413 g/mol. The van der Waals surface area contributed by atoms with E-state index in [0.717, 1.165) is 11.3 Å². The molecule has 1 heterocycles. The number of nitrogens with one attached hydrogen (secondary N) is 1. The lowest BCUT2D eigenvalue weighted by Crippen LogP contribution is -2.20. The second-order valence-electron chi connectivity index (χ2n) is 6.66. The summed E-state index contributed by atoms with van der Waals surface area (Å²) in [6, 6.07) is 13.3. The molecule has 0 saturated carbocycles. The van der Waals surface area contributed by atoms with E-state index >= 15 is 0 Å². The number of hydrogen-bond donors (Lipinski definition) is 1. The van der Waals surface area contributed by atoms with E-state index in [4.69, 9.17) is 14.2 Å². The Morgan fingerprint density at radius 3 is 2.45 bits per heavy atom. The third-order valence-electron chi connectivity index (χ3n) is 4.35. The zero-order chi connectivity index (χ0) is 20.8. The number of rotatable bonds is 8. The Kier molecular flexibility index (Phi) is 6.72. The summed E-state index contributed by atoms with van der Waals surface area (Å²) in [6.07, 6.45) is 0. The average Bonchev–Trinajstić information content (AvgIpc) is 3.20. The number of aromatic nitrogens is 1. The molecule has 0 unspecified atom stereocenters. The Labute approximate surface area is 174 Å². The van der Waals surface area contributed by atoms with Gasteiger partial charge in [-0.25, -0.2) is 4.98 Å². The summed E-state index contributed by atoms with van der Waals surface area (Å²) in [7, 11) is 3.20. The van der Waals surface area contributed by atoms with Crippen molar-refractivity contribution < 1.29 is 19.0 Å². The molecular formula is C22H24N2O4S. The molecule has 0 spiro atoms. The molecule has 1 N–H and O–H groups in total. The second kappa shape index (κ2) is 9.43. The van der Waals surface area contributed by atoms with Crippen LogP contribution in [0.4, 0.5) is 5.13 Å². The van der Waals surface area contributed by atoms with E-state index in [2.05, 4.69) is 24.1 Å². The number of amides is 1. The van der Waals surface area contributed by atoms with E-state index in [1.807, 2.05) is 41.8 Å². The van der Waals surface area contributed by atoms with Gasteiger partial charge in [0.2, 0.25) is 0 Å². The highest BCUT2D eigenvalue weighted by Crippen LogP contribution is 2.34. The second-order valence-corrected chi connectivity index (χ2v) is 7.52. The van der Waals surface area contributed by atoms with E-state index in [9.17, 15) is 4.79 Å². The first kappa shape index (κ1) is 20.7. The van der Waals surface area contributed by atoms with Gasteiger partial charge >= 0.3 is 0 Å². The number of thiazole rings is 1. The quantitative estimate of drug-likeness (QED) is 0.566. The minimum absolute atomic E-state index is 0.0816. The number of benzene rings is 2. The van der Waals surface area contributed by atoms with Crippen molar-refractivity contribution in [1.29, 1.82) is 0 Å². The van der Waals surface area contributed by atoms with Crippen molar-refractivity contribution in [3.8, 4) is 28.5 Å².